The summed E-state index contributed by atoms with van der Waals surface area (Å²) in [5, 5.41) is 7.96. The molecule has 0 bridgehead atoms. The second-order valence-electron chi connectivity index (χ2n) is 9.99. The molecule has 38 heavy (non-hydrogen) atoms. The molecule has 0 atom stereocenters. The van der Waals surface area contributed by atoms with Crippen molar-refractivity contribution < 1.29 is 14.3 Å². The number of amides is 2. The number of carbonyl (C=O) groups excluding carboxylic acids is 2. The van der Waals surface area contributed by atoms with Crippen molar-refractivity contribution in [1.82, 2.24) is 10.2 Å². The molecule has 0 radical (unpaired) electrons. The minimum Gasteiger partial charge on any atom is -0.379 e. The van der Waals surface area contributed by atoms with Crippen LogP contribution in [-0.2, 0) is 11.2 Å². The first-order valence-corrected chi connectivity index (χ1v) is 14.4. The first kappa shape index (κ1) is 26.4. The van der Waals surface area contributed by atoms with Crippen LogP contribution in [0.25, 0.3) is 0 Å². The Kier molecular flexibility index (Phi) is 9.06. The predicted molar refractivity (Wildman–Crippen MR) is 153 cm³/mol. The van der Waals surface area contributed by atoms with Crippen molar-refractivity contribution in [1.29, 1.82) is 0 Å². The number of hydrogen-bond donors (Lipinski definition) is 2. The SMILES string of the molecule is O=C(Nc1ccc(N2CCC(Cc3ccccc3)CC2)c(C(=O)NCCN2CCOCC2)c1)c1cccs1. The highest BCUT2D eigenvalue weighted by atomic mass is 32.1. The van der Waals surface area contributed by atoms with E-state index in [9.17, 15) is 9.59 Å². The number of nitrogens with zero attached hydrogens (tertiary/aromatic N) is 2. The Bertz CT molecular complexity index is 1190. The van der Waals surface area contributed by atoms with Gasteiger partial charge in [0.25, 0.3) is 11.8 Å². The van der Waals surface area contributed by atoms with Crippen LogP contribution in [-0.4, -0.2) is 69.2 Å². The van der Waals surface area contributed by atoms with E-state index in [-0.39, 0.29) is 11.8 Å². The van der Waals surface area contributed by atoms with Crippen LogP contribution in [0.15, 0.2) is 66.0 Å². The maximum Gasteiger partial charge on any atom is 0.265 e. The summed E-state index contributed by atoms with van der Waals surface area (Å²) >= 11 is 1.40. The van der Waals surface area contributed by atoms with Crippen LogP contribution >= 0.6 is 11.3 Å². The van der Waals surface area contributed by atoms with E-state index in [4.69, 9.17) is 4.74 Å². The molecular formula is C30H36N4O3S. The van der Waals surface area contributed by atoms with Crippen LogP contribution in [0.5, 0.6) is 0 Å². The van der Waals surface area contributed by atoms with Gasteiger partial charge in [0.15, 0.2) is 0 Å². The number of carbonyl (C=O) groups is 2. The maximum atomic E-state index is 13.4. The molecule has 2 N–H and O–H groups in total. The van der Waals surface area contributed by atoms with E-state index >= 15 is 0 Å². The number of thiophene rings is 1. The lowest BCUT2D eigenvalue weighted by molar-refractivity contribution is 0.0383. The summed E-state index contributed by atoms with van der Waals surface area (Å²) < 4.78 is 5.42. The van der Waals surface area contributed by atoms with Crippen LogP contribution in [0.1, 0.15) is 38.4 Å². The number of anilines is 2. The van der Waals surface area contributed by atoms with Crippen molar-refractivity contribution in [2.75, 3.05) is 62.7 Å². The van der Waals surface area contributed by atoms with Crippen LogP contribution in [0.2, 0.25) is 0 Å². The fourth-order valence-corrected chi connectivity index (χ4v) is 5.86. The van der Waals surface area contributed by atoms with E-state index in [1.54, 1.807) is 6.07 Å². The summed E-state index contributed by atoms with van der Waals surface area (Å²) in [6.45, 7) is 6.45. The molecule has 2 amide bonds. The largest absolute Gasteiger partial charge is 0.379 e. The average molecular weight is 533 g/mol. The molecule has 3 aromatic rings. The van der Waals surface area contributed by atoms with Crippen LogP contribution < -0.4 is 15.5 Å². The fraction of sp³-hybridized carbons (Fsp3) is 0.400. The summed E-state index contributed by atoms with van der Waals surface area (Å²) in [4.78, 5) is 31.4. The lowest BCUT2D eigenvalue weighted by atomic mass is 9.89. The highest BCUT2D eigenvalue weighted by molar-refractivity contribution is 7.12. The number of morpholine rings is 1. The van der Waals surface area contributed by atoms with Crippen molar-refractivity contribution in [3.8, 4) is 0 Å². The Hall–Kier alpha value is -3.20. The molecule has 0 aliphatic carbocycles. The number of hydrogen-bond acceptors (Lipinski definition) is 6. The van der Waals surface area contributed by atoms with Crippen molar-refractivity contribution in [2.45, 2.75) is 19.3 Å². The lowest BCUT2D eigenvalue weighted by Crippen LogP contribution is -2.41. The number of nitrogens with one attached hydrogen (secondary N) is 2. The van der Waals surface area contributed by atoms with Crippen LogP contribution in [0.4, 0.5) is 11.4 Å². The zero-order chi connectivity index (χ0) is 26.2. The summed E-state index contributed by atoms with van der Waals surface area (Å²) in [6.07, 6.45) is 3.27. The molecular weight excluding hydrogens is 496 g/mol. The molecule has 3 heterocycles. The van der Waals surface area contributed by atoms with Gasteiger partial charge in [0, 0.05) is 50.6 Å². The number of rotatable bonds is 9. The highest BCUT2D eigenvalue weighted by Crippen LogP contribution is 2.30. The van der Waals surface area contributed by atoms with Gasteiger partial charge in [-0.15, -0.1) is 11.3 Å². The summed E-state index contributed by atoms with van der Waals surface area (Å²) in [5.41, 5.74) is 3.56. The average Bonchev–Trinajstić information content (AvgIpc) is 3.50. The second-order valence-corrected chi connectivity index (χ2v) is 10.9. The first-order valence-electron chi connectivity index (χ1n) is 13.5. The Morgan fingerprint density at radius 2 is 1.71 bits per heavy atom. The van der Waals surface area contributed by atoms with Gasteiger partial charge in [-0.25, -0.2) is 0 Å². The maximum absolute atomic E-state index is 13.4. The van der Waals surface area contributed by atoms with E-state index in [1.807, 2.05) is 29.6 Å². The van der Waals surface area contributed by atoms with E-state index in [1.165, 1.54) is 16.9 Å². The van der Waals surface area contributed by atoms with Crippen LogP contribution in [0, 0.1) is 5.92 Å². The Balaban J connectivity index is 1.27. The smallest absolute Gasteiger partial charge is 0.265 e. The van der Waals surface area contributed by atoms with Crippen LogP contribution in [0.3, 0.4) is 0 Å². The lowest BCUT2D eigenvalue weighted by Gasteiger charge is -2.35. The fourth-order valence-electron chi connectivity index (χ4n) is 5.24. The van der Waals surface area contributed by atoms with Crippen molar-refractivity contribution in [3.05, 3.63) is 82.0 Å². The molecule has 2 aliphatic rings. The zero-order valence-corrected chi connectivity index (χ0v) is 22.6. The van der Waals surface area contributed by atoms with Gasteiger partial charge in [0.1, 0.15) is 0 Å². The van der Waals surface area contributed by atoms with Crippen molar-refractivity contribution in [2.24, 2.45) is 5.92 Å². The van der Waals surface area contributed by atoms with Gasteiger partial charge < -0.3 is 20.3 Å². The molecule has 8 heteroatoms. The normalized spacial score (nSPS) is 16.8. The van der Waals surface area contributed by atoms with E-state index in [0.717, 1.165) is 70.9 Å². The third kappa shape index (κ3) is 7.01. The Labute approximate surface area is 228 Å². The van der Waals surface area contributed by atoms with Gasteiger partial charge in [-0.1, -0.05) is 36.4 Å². The molecule has 2 saturated heterocycles. The summed E-state index contributed by atoms with van der Waals surface area (Å²) in [6, 6.07) is 20.0. The standard InChI is InChI=1S/C30H36N4O3S/c35-29(31-12-15-33-16-18-37-19-17-33)26-22-25(32-30(36)28-7-4-20-38-28)8-9-27(26)34-13-10-24(11-14-34)21-23-5-2-1-3-6-23/h1-9,20,22,24H,10-19,21H2,(H,31,35)(H,32,36). The quantitative estimate of drug-likeness (QED) is 0.424. The van der Waals surface area contributed by atoms with E-state index in [2.05, 4.69) is 50.8 Å². The summed E-state index contributed by atoms with van der Waals surface area (Å²) in [7, 11) is 0. The topological polar surface area (TPSA) is 73.9 Å². The van der Waals surface area contributed by atoms with Gasteiger partial charge in [0.2, 0.25) is 0 Å². The molecule has 5 rings (SSSR count). The molecule has 2 fully saturated rings. The zero-order valence-electron chi connectivity index (χ0n) is 21.7. The minimum atomic E-state index is -0.159. The predicted octanol–water partition coefficient (Wildman–Crippen LogP) is 4.52. The molecule has 7 nitrogen and oxygen atoms in total. The minimum absolute atomic E-state index is 0.105. The monoisotopic (exact) mass is 532 g/mol. The molecule has 2 aromatic carbocycles. The summed E-state index contributed by atoms with van der Waals surface area (Å²) in [5.74, 6) is 0.379. The molecule has 0 unspecified atom stereocenters. The number of ether oxygens (including phenoxy) is 1. The molecule has 200 valence electrons. The molecule has 0 spiro atoms. The third-order valence-corrected chi connectivity index (χ3v) is 8.25. The number of piperidine rings is 1. The number of benzene rings is 2. The van der Waals surface area contributed by atoms with Gasteiger partial charge in [-0.05, 0) is 60.4 Å². The van der Waals surface area contributed by atoms with E-state index in [0.29, 0.717) is 28.6 Å². The third-order valence-electron chi connectivity index (χ3n) is 7.38. The Morgan fingerprint density at radius 3 is 2.45 bits per heavy atom. The van der Waals surface area contributed by atoms with Crippen molar-refractivity contribution >= 4 is 34.5 Å². The van der Waals surface area contributed by atoms with Gasteiger partial charge >= 0.3 is 0 Å². The molecule has 0 saturated carbocycles. The van der Waals surface area contributed by atoms with Crippen molar-refractivity contribution in [3.63, 3.8) is 0 Å². The molecule has 2 aliphatic heterocycles. The first-order chi connectivity index (χ1) is 18.7. The van der Waals surface area contributed by atoms with E-state index < -0.39 is 0 Å². The highest BCUT2D eigenvalue weighted by Gasteiger charge is 2.24. The second kappa shape index (κ2) is 13.0. The van der Waals surface area contributed by atoms with Gasteiger partial charge in [0.05, 0.1) is 23.7 Å². The van der Waals surface area contributed by atoms with Gasteiger partial charge in [-0.2, -0.15) is 0 Å². The molecule has 1 aromatic heterocycles. The Morgan fingerprint density at radius 1 is 0.921 bits per heavy atom. The van der Waals surface area contributed by atoms with Gasteiger partial charge in [-0.3, -0.25) is 14.5 Å².